The minimum Gasteiger partial charge on any atom is -0.494 e. The molecule has 3 aromatic rings. The number of benzene rings is 1. The summed E-state index contributed by atoms with van der Waals surface area (Å²) in [6.45, 7) is 0. The fourth-order valence-corrected chi connectivity index (χ4v) is 1.82. The van der Waals surface area contributed by atoms with Gasteiger partial charge in [-0.1, -0.05) is 36.4 Å². The lowest BCUT2D eigenvalue weighted by molar-refractivity contribution is 0.447. The number of aromatic hydroxyl groups is 1. The molecule has 0 atom stereocenters. The van der Waals surface area contributed by atoms with Crippen molar-refractivity contribution >= 4 is 5.52 Å². The molecule has 0 unspecified atom stereocenters. The molecular formula is C13H10N2O. The molecule has 0 bridgehead atoms. The van der Waals surface area contributed by atoms with Crippen LogP contribution in [0, 0.1) is 0 Å². The zero-order valence-corrected chi connectivity index (χ0v) is 8.54. The van der Waals surface area contributed by atoms with Crippen LogP contribution in [0.15, 0.2) is 54.7 Å². The molecule has 2 aromatic heterocycles. The van der Waals surface area contributed by atoms with Crippen LogP contribution < -0.4 is 0 Å². The van der Waals surface area contributed by atoms with Crippen molar-refractivity contribution in [3.63, 3.8) is 0 Å². The summed E-state index contributed by atoms with van der Waals surface area (Å²) in [7, 11) is 0. The standard InChI is InChI=1S/C13H10N2O/c16-12-8-4-7-11-9-14-13(15(11)12)10-5-2-1-3-6-10/h1-9,16H. The molecule has 0 aliphatic carbocycles. The maximum absolute atomic E-state index is 9.83. The number of rotatable bonds is 1. The van der Waals surface area contributed by atoms with Gasteiger partial charge in [0.25, 0.3) is 0 Å². The lowest BCUT2D eigenvalue weighted by Crippen LogP contribution is -1.89. The summed E-state index contributed by atoms with van der Waals surface area (Å²) in [5.41, 5.74) is 1.88. The Bertz CT molecular complexity index is 629. The van der Waals surface area contributed by atoms with E-state index in [1.165, 1.54) is 0 Å². The van der Waals surface area contributed by atoms with E-state index in [9.17, 15) is 5.11 Å². The smallest absolute Gasteiger partial charge is 0.197 e. The number of hydrogen-bond donors (Lipinski definition) is 1. The van der Waals surface area contributed by atoms with Crippen molar-refractivity contribution in [3.8, 4) is 17.3 Å². The van der Waals surface area contributed by atoms with Crippen LogP contribution in [-0.4, -0.2) is 14.5 Å². The van der Waals surface area contributed by atoms with E-state index in [1.807, 2.05) is 36.4 Å². The molecule has 1 aromatic carbocycles. The van der Waals surface area contributed by atoms with Crippen molar-refractivity contribution in [2.24, 2.45) is 0 Å². The van der Waals surface area contributed by atoms with Gasteiger partial charge in [0, 0.05) is 5.56 Å². The molecule has 0 amide bonds. The summed E-state index contributed by atoms with van der Waals surface area (Å²) in [5.74, 6) is 0.961. The van der Waals surface area contributed by atoms with E-state index in [0.29, 0.717) is 0 Å². The molecule has 2 heterocycles. The highest BCUT2D eigenvalue weighted by molar-refractivity contribution is 5.63. The Morgan fingerprint density at radius 1 is 0.938 bits per heavy atom. The largest absolute Gasteiger partial charge is 0.494 e. The molecule has 0 fully saturated rings. The highest BCUT2D eigenvalue weighted by Crippen LogP contribution is 2.23. The second-order valence-electron chi connectivity index (χ2n) is 3.59. The Kier molecular flexibility index (Phi) is 1.90. The van der Waals surface area contributed by atoms with Crippen LogP contribution in [0.25, 0.3) is 16.9 Å². The van der Waals surface area contributed by atoms with Crippen molar-refractivity contribution in [1.29, 1.82) is 0 Å². The predicted octanol–water partition coefficient (Wildman–Crippen LogP) is 2.71. The molecule has 3 heteroatoms. The Balaban J connectivity index is 2.33. The Morgan fingerprint density at radius 2 is 1.75 bits per heavy atom. The maximum atomic E-state index is 9.83. The lowest BCUT2D eigenvalue weighted by atomic mass is 10.2. The Morgan fingerprint density at radius 3 is 2.56 bits per heavy atom. The minimum absolute atomic E-state index is 0.203. The molecule has 0 radical (unpaired) electrons. The quantitative estimate of drug-likeness (QED) is 0.670. The summed E-state index contributed by atoms with van der Waals surface area (Å²) in [6.07, 6.45) is 1.75. The Hall–Kier alpha value is -2.29. The van der Waals surface area contributed by atoms with Crippen LogP contribution in [0.2, 0.25) is 0 Å². The van der Waals surface area contributed by atoms with E-state index in [2.05, 4.69) is 4.98 Å². The van der Waals surface area contributed by atoms with E-state index in [4.69, 9.17) is 0 Å². The van der Waals surface area contributed by atoms with E-state index in [-0.39, 0.29) is 5.88 Å². The Labute approximate surface area is 92.6 Å². The van der Waals surface area contributed by atoms with Crippen molar-refractivity contribution in [2.45, 2.75) is 0 Å². The van der Waals surface area contributed by atoms with E-state index in [1.54, 1.807) is 22.7 Å². The van der Waals surface area contributed by atoms with Crippen LogP contribution in [0.3, 0.4) is 0 Å². The summed E-state index contributed by atoms with van der Waals surface area (Å²) in [4.78, 5) is 4.33. The highest BCUT2D eigenvalue weighted by Gasteiger charge is 2.07. The summed E-state index contributed by atoms with van der Waals surface area (Å²) in [5, 5.41) is 9.83. The molecule has 0 saturated heterocycles. The zero-order valence-electron chi connectivity index (χ0n) is 8.54. The predicted molar refractivity (Wildman–Crippen MR) is 62.3 cm³/mol. The molecule has 3 rings (SSSR count). The number of aromatic nitrogens is 2. The topological polar surface area (TPSA) is 37.5 Å². The van der Waals surface area contributed by atoms with Gasteiger partial charge in [-0.15, -0.1) is 0 Å². The van der Waals surface area contributed by atoms with Gasteiger partial charge >= 0.3 is 0 Å². The van der Waals surface area contributed by atoms with E-state index < -0.39 is 0 Å². The van der Waals surface area contributed by atoms with Crippen LogP contribution in [0.1, 0.15) is 0 Å². The molecule has 0 spiro atoms. The molecule has 0 aliphatic rings. The van der Waals surface area contributed by atoms with E-state index >= 15 is 0 Å². The van der Waals surface area contributed by atoms with Crippen LogP contribution in [0.4, 0.5) is 0 Å². The van der Waals surface area contributed by atoms with Crippen molar-refractivity contribution in [2.75, 3.05) is 0 Å². The summed E-state index contributed by atoms with van der Waals surface area (Å²) < 4.78 is 1.73. The third-order valence-electron chi connectivity index (χ3n) is 2.56. The number of pyridine rings is 1. The monoisotopic (exact) mass is 210 g/mol. The van der Waals surface area contributed by atoms with Crippen LogP contribution in [-0.2, 0) is 0 Å². The van der Waals surface area contributed by atoms with Gasteiger partial charge in [0.2, 0.25) is 0 Å². The van der Waals surface area contributed by atoms with Crippen molar-refractivity contribution in [1.82, 2.24) is 9.38 Å². The first kappa shape index (κ1) is 8.97. The maximum Gasteiger partial charge on any atom is 0.197 e. The summed E-state index contributed by atoms with van der Waals surface area (Å²) >= 11 is 0. The van der Waals surface area contributed by atoms with Crippen LogP contribution in [0.5, 0.6) is 5.88 Å². The first-order valence-corrected chi connectivity index (χ1v) is 5.07. The molecule has 0 aliphatic heterocycles. The van der Waals surface area contributed by atoms with Gasteiger partial charge in [0.05, 0.1) is 11.7 Å². The lowest BCUT2D eigenvalue weighted by Gasteiger charge is -2.03. The highest BCUT2D eigenvalue weighted by atomic mass is 16.3. The van der Waals surface area contributed by atoms with Gasteiger partial charge in [-0.05, 0) is 12.1 Å². The number of imidazole rings is 1. The average molecular weight is 210 g/mol. The van der Waals surface area contributed by atoms with Gasteiger partial charge in [-0.25, -0.2) is 4.98 Å². The van der Waals surface area contributed by atoms with Crippen molar-refractivity contribution < 1.29 is 5.11 Å². The van der Waals surface area contributed by atoms with Gasteiger partial charge in [0.1, 0.15) is 5.82 Å². The number of fused-ring (bicyclic) bond motifs is 1. The van der Waals surface area contributed by atoms with Gasteiger partial charge in [0.15, 0.2) is 5.88 Å². The first-order valence-electron chi connectivity index (χ1n) is 5.07. The third-order valence-corrected chi connectivity index (χ3v) is 2.56. The van der Waals surface area contributed by atoms with Crippen molar-refractivity contribution in [3.05, 3.63) is 54.7 Å². The van der Waals surface area contributed by atoms with E-state index in [0.717, 1.165) is 16.9 Å². The summed E-state index contributed by atoms with van der Waals surface area (Å²) in [6, 6.07) is 15.2. The number of nitrogens with zero attached hydrogens (tertiary/aromatic N) is 2. The average Bonchev–Trinajstić information content (AvgIpc) is 2.75. The first-order chi connectivity index (χ1) is 7.86. The fraction of sp³-hybridized carbons (Fsp3) is 0. The molecular weight excluding hydrogens is 200 g/mol. The molecule has 16 heavy (non-hydrogen) atoms. The molecule has 0 saturated carbocycles. The fourth-order valence-electron chi connectivity index (χ4n) is 1.82. The van der Waals surface area contributed by atoms with Crippen LogP contribution >= 0.6 is 0 Å². The molecule has 3 nitrogen and oxygen atoms in total. The van der Waals surface area contributed by atoms with Gasteiger partial charge < -0.3 is 5.11 Å². The molecule has 78 valence electrons. The molecule has 1 N–H and O–H groups in total. The normalized spacial score (nSPS) is 10.8. The third kappa shape index (κ3) is 1.26. The second kappa shape index (κ2) is 3.38. The van der Waals surface area contributed by atoms with Gasteiger partial charge in [-0.3, -0.25) is 4.40 Å². The van der Waals surface area contributed by atoms with Gasteiger partial charge in [-0.2, -0.15) is 0 Å². The zero-order chi connectivity index (χ0) is 11.0. The minimum atomic E-state index is 0.203. The number of hydrogen-bond acceptors (Lipinski definition) is 2. The second-order valence-corrected chi connectivity index (χ2v) is 3.59. The SMILES string of the molecule is Oc1cccc2cnc(-c3ccccc3)n12.